The third-order valence-electron chi connectivity index (χ3n) is 6.21. The second-order valence-electron chi connectivity index (χ2n) is 8.59. The highest BCUT2D eigenvalue weighted by Gasteiger charge is 2.28. The number of amides is 2. The molecule has 0 saturated carbocycles. The Kier molecular flexibility index (Phi) is 6.88. The van der Waals surface area contributed by atoms with Gasteiger partial charge in [-0.05, 0) is 70.6 Å². The number of carbonyl (C=O) groups is 2. The molecular weight excluding hydrogens is 546 g/mol. The number of aromatic nitrogens is 5. The van der Waals surface area contributed by atoms with Crippen LogP contribution in [0.1, 0.15) is 45.3 Å². The van der Waals surface area contributed by atoms with Gasteiger partial charge in [0.25, 0.3) is 11.8 Å². The van der Waals surface area contributed by atoms with Gasteiger partial charge in [0, 0.05) is 44.3 Å². The van der Waals surface area contributed by atoms with Crippen molar-refractivity contribution in [1.29, 1.82) is 0 Å². The number of halogens is 2. The Morgan fingerprint density at radius 1 is 1.08 bits per heavy atom. The van der Waals surface area contributed by atoms with Gasteiger partial charge in [-0.1, -0.05) is 23.7 Å². The maximum Gasteiger partial charge on any atom is 0.276 e. The molecule has 4 aromatic rings. The molecule has 5 rings (SSSR count). The summed E-state index contributed by atoms with van der Waals surface area (Å²) in [6.45, 7) is 1.25. The molecule has 11 heteroatoms. The van der Waals surface area contributed by atoms with Gasteiger partial charge < -0.3 is 10.2 Å². The second-order valence-corrected chi connectivity index (χ2v) is 9.81. The van der Waals surface area contributed by atoms with E-state index in [0.717, 1.165) is 12.8 Å². The van der Waals surface area contributed by atoms with Crippen LogP contribution in [-0.4, -0.2) is 54.3 Å². The van der Waals surface area contributed by atoms with Crippen LogP contribution in [0.3, 0.4) is 0 Å². The molecule has 1 fully saturated rings. The van der Waals surface area contributed by atoms with Crippen LogP contribution >= 0.6 is 27.5 Å². The summed E-state index contributed by atoms with van der Waals surface area (Å²) in [6.07, 6.45) is 5.03. The fourth-order valence-electron chi connectivity index (χ4n) is 4.35. The first kappa shape index (κ1) is 24.2. The molecule has 0 radical (unpaired) electrons. The smallest absolute Gasteiger partial charge is 0.276 e. The molecule has 184 valence electrons. The Morgan fingerprint density at radius 3 is 2.50 bits per heavy atom. The van der Waals surface area contributed by atoms with Crippen LogP contribution < -0.4 is 5.32 Å². The van der Waals surface area contributed by atoms with E-state index in [0.29, 0.717) is 51.5 Å². The lowest BCUT2D eigenvalue weighted by Crippen LogP contribution is -2.38. The average molecular weight is 569 g/mol. The fraction of sp³-hybridized carbons (Fsp3) is 0.240. The highest BCUT2D eigenvalue weighted by Crippen LogP contribution is 2.30. The maximum atomic E-state index is 13.4. The van der Waals surface area contributed by atoms with E-state index < -0.39 is 0 Å². The van der Waals surface area contributed by atoms with Crippen LogP contribution in [0.5, 0.6) is 0 Å². The quantitative estimate of drug-likeness (QED) is 0.377. The Labute approximate surface area is 221 Å². The van der Waals surface area contributed by atoms with Crippen LogP contribution in [0.15, 0.2) is 65.5 Å². The van der Waals surface area contributed by atoms with Crippen molar-refractivity contribution in [3.8, 4) is 5.82 Å². The average Bonchev–Trinajstić information content (AvgIpc) is 3.50. The van der Waals surface area contributed by atoms with E-state index in [-0.39, 0.29) is 11.8 Å². The van der Waals surface area contributed by atoms with Gasteiger partial charge in [-0.2, -0.15) is 10.2 Å². The van der Waals surface area contributed by atoms with Crippen molar-refractivity contribution in [3.05, 3.63) is 87.5 Å². The first-order chi connectivity index (χ1) is 17.4. The summed E-state index contributed by atoms with van der Waals surface area (Å²) < 4.78 is 3.62. The van der Waals surface area contributed by atoms with E-state index >= 15 is 0 Å². The van der Waals surface area contributed by atoms with Crippen molar-refractivity contribution in [1.82, 2.24) is 29.4 Å². The van der Waals surface area contributed by atoms with E-state index in [4.69, 9.17) is 11.6 Å². The molecule has 0 atom stereocenters. The minimum atomic E-state index is -0.243. The summed E-state index contributed by atoms with van der Waals surface area (Å²) in [5, 5.41) is 11.8. The van der Waals surface area contributed by atoms with E-state index in [1.807, 2.05) is 29.2 Å². The molecule has 9 nitrogen and oxygen atoms in total. The summed E-state index contributed by atoms with van der Waals surface area (Å²) in [5.41, 5.74) is 2.69. The maximum absolute atomic E-state index is 13.4. The first-order valence-corrected chi connectivity index (χ1v) is 12.6. The molecule has 2 amide bonds. The molecule has 1 aliphatic rings. The number of nitrogens with one attached hydrogen (secondary N) is 1. The largest absolute Gasteiger partial charge is 0.337 e. The lowest BCUT2D eigenvalue weighted by Gasteiger charge is -2.32. The first-order valence-electron chi connectivity index (χ1n) is 11.5. The van der Waals surface area contributed by atoms with E-state index in [2.05, 4.69) is 36.4 Å². The number of rotatable bonds is 5. The van der Waals surface area contributed by atoms with Crippen molar-refractivity contribution in [2.75, 3.05) is 18.4 Å². The summed E-state index contributed by atoms with van der Waals surface area (Å²) in [5.74, 6) is 0.392. The van der Waals surface area contributed by atoms with Gasteiger partial charge in [-0.15, -0.1) is 0 Å². The van der Waals surface area contributed by atoms with Crippen molar-refractivity contribution < 1.29 is 9.59 Å². The Bertz CT molecular complexity index is 1410. The topological polar surface area (TPSA) is 97.9 Å². The molecule has 3 aromatic heterocycles. The molecule has 1 saturated heterocycles. The van der Waals surface area contributed by atoms with Crippen LogP contribution in [0.4, 0.5) is 5.69 Å². The molecular formula is C25H23BrClN7O2. The van der Waals surface area contributed by atoms with Crippen LogP contribution in [0.2, 0.25) is 5.02 Å². The Hall–Kier alpha value is -3.50. The zero-order chi connectivity index (χ0) is 25.2. The highest BCUT2D eigenvalue weighted by molar-refractivity contribution is 9.10. The monoisotopic (exact) mass is 567 g/mol. The highest BCUT2D eigenvalue weighted by atomic mass is 79.9. The zero-order valence-corrected chi connectivity index (χ0v) is 21.8. The van der Waals surface area contributed by atoms with E-state index in [9.17, 15) is 9.59 Å². The third kappa shape index (κ3) is 5.05. The summed E-state index contributed by atoms with van der Waals surface area (Å²) in [7, 11) is 1.77. The number of anilines is 1. The normalized spacial score (nSPS) is 14.1. The number of hydrogen-bond acceptors (Lipinski definition) is 5. The number of likely N-dealkylation sites (tertiary alicyclic amines) is 1. The second kappa shape index (κ2) is 10.2. The predicted molar refractivity (Wildman–Crippen MR) is 140 cm³/mol. The summed E-state index contributed by atoms with van der Waals surface area (Å²) in [4.78, 5) is 31.8. The fourth-order valence-corrected chi connectivity index (χ4v) is 4.92. The van der Waals surface area contributed by atoms with Crippen molar-refractivity contribution in [2.24, 2.45) is 7.05 Å². The van der Waals surface area contributed by atoms with E-state index in [1.54, 1.807) is 48.4 Å². The number of piperidine rings is 1. The summed E-state index contributed by atoms with van der Waals surface area (Å²) in [6, 6.07) is 14.7. The van der Waals surface area contributed by atoms with Crippen molar-refractivity contribution in [3.63, 3.8) is 0 Å². The van der Waals surface area contributed by atoms with Gasteiger partial charge in [-0.3, -0.25) is 14.3 Å². The zero-order valence-electron chi connectivity index (χ0n) is 19.4. The molecule has 1 aliphatic heterocycles. The third-order valence-corrected chi connectivity index (χ3v) is 6.89. The minimum absolute atomic E-state index is 0.110. The molecule has 4 heterocycles. The molecule has 0 bridgehead atoms. The van der Waals surface area contributed by atoms with Crippen LogP contribution in [0.25, 0.3) is 5.82 Å². The number of aryl methyl sites for hydroxylation is 1. The number of benzene rings is 1. The Morgan fingerprint density at radius 2 is 1.83 bits per heavy atom. The standard InChI is InChI=1S/C25H23BrClN7O2/c1-32-12-10-20(30-32)24(35)29-18-6-4-16(5-7-18)17-8-13-33(14-9-17)25(36)21-15-22(26)31-34(21)23-19(27)3-2-11-28-23/h2-7,10-12,15,17H,8-9,13-14H2,1H3,(H,29,35). The van der Waals surface area contributed by atoms with Gasteiger partial charge in [0.05, 0.1) is 5.02 Å². The predicted octanol–water partition coefficient (Wildman–Crippen LogP) is 4.69. The van der Waals surface area contributed by atoms with Crippen LogP contribution in [0, 0.1) is 0 Å². The van der Waals surface area contributed by atoms with Crippen molar-refractivity contribution in [2.45, 2.75) is 18.8 Å². The van der Waals surface area contributed by atoms with E-state index in [1.165, 1.54) is 10.2 Å². The molecule has 36 heavy (non-hydrogen) atoms. The van der Waals surface area contributed by atoms with Crippen molar-refractivity contribution >= 4 is 45.0 Å². The van der Waals surface area contributed by atoms with Gasteiger partial charge in [-0.25, -0.2) is 9.67 Å². The van der Waals surface area contributed by atoms with Gasteiger partial charge >= 0.3 is 0 Å². The molecule has 1 N–H and O–H groups in total. The molecule has 0 spiro atoms. The van der Waals surface area contributed by atoms with Gasteiger partial charge in [0.2, 0.25) is 0 Å². The lowest BCUT2D eigenvalue weighted by atomic mass is 9.89. The number of pyridine rings is 1. The molecule has 0 unspecified atom stereocenters. The van der Waals surface area contributed by atoms with Gasteiger partial charge in [0.1, 0.15) is 10.3 Å². The number of nitrogens with zero attached hydrogens (tertiary/aromatic N) is 6. The summed E-state index contributed by atoms with van der Waals surface area (Å²) >= 11 is 9.67. The minimum Gasteiger partial charge on any atom is -0.337 e. The number of carbonyl (C=O) groups excluding carboxylic acids is 2. The number of hydrogen-bond donors (Lipinski definition) is 1. The molecule has 0 aliphatic carbocycles. The Balaban J connectivity index is 1.22. The SMILES string of the molecule is Cn1ccc(C(=O)Nc2ccc(C3CCN(C(=O)c4cc(Br)nn4-c4ncccc4Cl)CC3)cc2)n1. The lowest BCUT2D eigenvalue weighted by molar-refractivity contribution is 0.0703. The van der Waals surface area contributed by atoms with Crippen LogP contribution in [-0.2, 0) is 7.05 Å². The molecule has 1 aromatic carbocycles. The van der Waals surface area contributed by atoms with Gasteiger partial charge in [0.15, 0.2) is 11.5 Å².